The van der Waals surface area contributed by atoms with E-state index in [2.05, 4.69) is 244 Å². The van der Waals surface area contributed by atoms with Crippen LogP contribution in [0.3, 0.4) is 0 Å². The first kappa shape index (κ1) is 57.3. The molecular formula is C89H56N6OS2. The molecule has 0 bridgehead atoms. The first-order chi connectivity index (χ1) is 48.3. The van der Waals surface area contributed by atoms with Crippen molar-refractivity contribution >= 4 is 107 Å². The van der Waals surface area contributed by atoms with Crippen molar-refractivity contribution in [2.45, 2.75) is 19.3 Å². The zero-order valence-corrected chi connectivity index (χ0v) is 54.9. The van der Waals surface area contributed by atoms with Gasteiger partial charge in [0.1, 0.15) is 11.2 Å². The highest BCUT2D eigenvalue weighted by molar-refractivity contribution is 7.26. The number of furan rings is 1. The van der Waals surface area contributed by atoms with Gasteiger partial charge in [-0.05, 0) is 133 Å². The summed E-state index contributed by atoms with van der Waals surface area (Å²) in [5.74, 6) is 3.84. The molecule has 19 aromatic rings. The highest BCUT2D eigenvalue weighted by Gasteiger charge is 2.35. The Kier molecular flexibility index (Phi) is 13.5. The van der Waals surface area contributed by atoms with E-state index < -0.39 is 0 Å². The summed E-state index contributed by atoms with van der Waals surface area (Å²) in [4.78, 5) is 30.4. The van der Waals surface area contributed by atoms with E-state index in [9.17, 15) is 0 Å². The Morgan fingerprint density at radius 3 is 1.39 bits per heavy atom. The van der Waals surface area contributed by atoms with Gasteiger partial charge in [0.2, 0.25) is 0 Å². The normalized spacial score (nSPS) is 12.5. The monoisotopic (exact) mass is 1290 g/mol. The van der Waals surface area contributed by atoms with E-state index in [4.69, 9.17) is 34.3 Å². The van der Waals surface area contributed by atoms with Crippen LogP contribution in [0.2, 0.25) is 0 Å². The highest BCUT2D eigenvalue weighted by atomic mass is 32.1. The lowest BCUT2D eigenvalue weighted by Gasteiger charge is -2.21. The van der Waals surface area contributed by atoms with Gasteiger partial charge >= 0.3 is 0 Å². The van der Waals surface area contributed by atoms with Crippen molar-refractivity contribution in [3.63, 3.8) is 0 Å². The van der Waals surface area contributed by atoms with Gasteiger partial charge in [-0.15, -0.1) is 22.7 Å². The van der Waals surface area contributed by atoms with Crippen LogP contribution < -0.4 is 0 Å². The minimum atomic E-state index is -0.116. The third-order valence-corrected chi connectivity index (χ3v) is 21.7. The van der Waals surface area contributed by atoms with Crippen LogP contribution in [0.25, 0.3) is 186 Å². The Hall–Kier alpha value is -12.1. The number of nitrogens with zero attached hydrogens (tertiary/aromatic N) is 6. The summed E-state index contributed by atoms with van der Waals surface area (Å²) in [6, 6.07) is 107. The molecule has 0 spiro atoms. The zero-order chi connectivity index (χ0) is 65.0. The molecule has 98 heavy (non-hydrogen) atoms. The molecule has 0 saturated carbocycles. The summed E-state index contributed by atoms with van der Waals surface area (Å²) in [5, 5.41) is 12.4. The maximum atomic E-state index is 6.23. The molecule has 14 aromatic carbocycles. The van der Waals surface area contributed by atoms with Crippen LogP contribution in [0.15, 0.2) is 308 Å². The van der Waals surface area contributed by atoms with Gasteiger partial charge in [-0.3, -0.25) is 0 Å². The van der Waals surface area contributed by atoms with Gasteiger partial charge in [-0.2, -0.15) is 0 Å². The summed E-state index contributed by atoms with van der Waals surface area (Å²) in [6.07, 6.45) is 0. The van der Waals surface area contributed by atoms with Crippen LogP contribution in [0, 0.1) is 0 Å². The number of hydrogen-bond acceptors (Lipinski definition) is 9. The molecular weight excluding hydrogens is 1230 g/mol. The fraction of sp³-hybridized carbons (Fsp3) is 0.0337. The lowest BCUT2D eigenvalue weighted by atomic mass is 9.82. The van der Waals surface area contributed by atoms with E-state index in [1.54, 1.807) is 0 Å². The number of aromatic nitrogens is 6. The molecule has 0 atom stereocenters. The van der Waals surface area contributed by atoms with Crippen molar-refractivity contribution in [1.82, 2.24) is 29.9 Å². The van der Waals surface area contributed by atoms with Gasteiger partial charge in [-0.25, -0.2) is 29.9 Å². The lowest BCUT2D eigenvalue weighted by Crippen LogP contribution is -2.15. The Labute approximate surface area is 572 Å². The first-order valence-corrected chi connectivity index (χ1v) is 34.6. The van der Waals surface area contributed by atoms with Gasteiger partial charge in [-0.1, -0.05) is 250 Å². The molecule has 0 aliphatic heterocycles. The molecule has 0 unspecified atom stereocenters. The average Bonchev–Trinajstić information content (AvgIpc) is 1.55. The van der Waals surface area contributed by atoms with Crippen LogP contribution >= 0.6 is 22.7 Å². The van der Waals surface area contributed by atoms with E-state index in [0.717, 1.165) is 66.4 Å². The fourth-order valence-corrected chi connectivity index (χ4v) is 16.9. The zero-order valence-electron chi connectivity index (χ0n) is 53.3. The van der Waals surface area contributed by atoms with Crippen molar-refractivity contribution in [1.29, 1.82) is 0 Å². The number of para-hydroxylation sites is 1. The standard InChI is InChI=1S/C46H31N3S.C43H25N3OS/c1-46(2)38-17-8-6-15-34(38)35-23-21-33(27-39(35)46)45-48-43(29-11-4-3-5-12-29)47-44(49-45)32-14-10-13-30(25-32)31-20-19-28-22-24-41-42(37(28)26-31)36-16-7-9-18-40(36)50-41;1-2-10-27(11-3-1)41-44-42(46-43(45-41)30-20-22-33-32-15-4-6-18-35(32)47-36(33)25-30)29-14-8-13-28(24-29)31-17-9-12-26-21-23-38-40(39(26)31)34-16-5-7-19-37(34)48-38/h3-27H,1-2H3;1-25H. The Balaban J connectivity index is 0.000000137. The van der Waals surface area contributed by atoms with Gasteiger partial charge < -0.3 is 4.42 Å². The van der Waals surface area contributed by atoms with E-state index in [1.165, 1.54) is 95.3 Å². The van der Waals surface area contributed by atoms with Crippen LogP contribution in [0.5, 0.6) is 0 Å². The Morgan fingerprint density at radius 1 is 0.245 bits per heavy atom. The van der Waals surface area contributed by atoms with Crippen LogP contribution in [-0.4, -0.2) is 29.9 Å². The largest absolute Gasteiger partial charge is 0.456 e. The molecule has 0 amide bonds. The number of benzene rings is 14. The molecule has 5 aromatic heterocycles. The van der Waals surface area contributed by atoms with Crippen LogP contribution in [0.4, 0.5) is 0 Å². The molecule has 460 valence electrons. The summed E-state index contributed by atoms with van der Waals surface area (Å²) >= 11 is 3.70. The second kappa shape index (κ2) is 23.1. The van der Waals surface area contributed by atoms with Crippen LogP contribution in [0.1, 0.15) is 25.0 Å². The van der Waals surface area contributed by atoms with E-state index in [0.29, 0.717) is 34.9 Å². The minimum absolute atomic E-state index is 0.116. The molecule has 1 aliphatic rings. The van der Waals surface area contributed by atoms with Gasteiger partial charge in [0.15, 0.2) is 34.9 Å². The molecule has 9 heteroatoms. The minimum Gasteiger partial charge on any atom is -0.456 e. The number of thiophene rings is 2. The Morgan fingerprint density at radius 2 is 0.694 bits per heavy atom. The van der Waals surface area contributed by atoms with Crippen molar-refractivity contribution in [3.05, 3.63) is 314 Å². The van der Waals surface area contributed by atoms with E-state index in [1.807, 2.05) is 95.5 Å². The topological polar surface area (TPSA) is 90.5 Å². The number of hydrogen-bond donors (Lipinski definition) is 0. The molecule has 0 N–H and O–H groups in total. The van der Waals surface area contributed by atoms with Gasteiger partial charge in [0, 0.05) is 89.9 Å². The molecule has 0 fully saturated rings. The summed E-state index contributed by atoms with van der Waals surface area (Å²) < 4.78 is 11.5. The maximum absolute atomic E-state index is 6.23. The first-order valence-electron chi connectivity index (χ1n) is 33.0. The van der Waals surface area contributed by atoms with Crippen molar-refractivity contribution in [3.8, 4) is 102 Å². The smallest absolute Gasteiger partial charge is 0.164 e. The summed E-state index contributed by atoms with van der Waals surface area (Å²) in [7, 11) is 0. The molecule has 1 aliphatic carbocycles. The van der Waals surface area contributed by atoms with Crippen molar-refractivity contribution < 1.29 is 4.42 Å². The Bertz CT molecular complexity index is 6430. The summed E-state index contributed by atoms with van der Waals surface area (Å²) in [6.45, 7) is 4.61. The molecule has 0 saturated heterocycles. The van der Waals surface area contributed by atoms with Crippen molar-refractivity contribution in [2.75, 3.05) is 0 Å². The highest BCUT2D eigenvalue weighted by Crippen LogP contribution is 2.50. The predicted molar refractivity (Wildman–Crippen MR) is 409 cm³/mol. The second-order valence-corrected chi connectivity index (χ2v) is 27.8. The quantitative estimate of drug-likeness (QED) is 0.150. The number of fused-ring (bicyclic) bond motifs is 16. The van der Waals surface area contributed by atoms with Gasteiger partial charge in [0.05, 0.1) is 0 Å². The van der Waals surface area contributed by atoms with E-state index >= 15 is 0 Å². The maximum Gasteiger partial charge on any atom is 0.164 e. The molecule has 20 rings (SSSR count). The summed E-state index contributed by atoms with van der Waals surface area (Å²) in [5.41, 5.74) is 17.0. The second-order valence-electron chi connectivity index (χ2n) is 25.7. The SMILES string of the molecule is CC1(C)c2ccccc2-c2ccc(-c3nc(-c4ccccc4)nc(-c4cccc(-c5ccc6ccc7sc8ccccc8c7c6c5)c4)n3)cc21.c1ccc(-c2nc(-c3cccc(-c4cccc5ccc6sc7ccccc7c6c45)c3)nc(-c3ccc4c(c3)oc3ccccc34)n2)cc1. The third-order valence-electron chi connectivity index (χ3n) is 19.4. The molecule has 7 nitrogen and oxygen atoms in total. The van der Waals surface area contributed by atoms with Crippen LogP contribution in [-0.2, 0) is 5.41 Å². The van der Waals surface area contributed by atoms with Gasteiger partial charge in [0.25, 0.3) is 0 Å². The molecule has 5 heterocycles. The molecule has 0 radical (unpaired) electrons. The number of rotatable bonds is 8. The van der Waals surface area contributed by atoms with Crippen molar-refractivity contribution in [2.24, 2.45) is 0 Å². The van der Waals surface area contributed by atoms with E-state index in [-0.39, 0.29) is 5.41 Å². The lowest BCUT2D eigenvalue weighted by molar-refractivity contribution is 0.660. The predicted octanol–water partition coefficient (Wildman–Crippen LogP) is 24.3. The third kappa shape index (κ3) is 9.76. The fourth-order valence-electron chi connectivity index (χ4n) is 14.6. The average molecular weight is 1290 g/mol.